The highest BCUT2D eigenvalue weighted by Crippen LogP contribution is 2.37. The Morgan fingerprint density at radius 3 is 2.63 bits per heavy atom. The summed E-state index contributed by atoms with van der Waals surface area (Å²) in [6, 6.07) is 0.364. The van der Waals surface area contributed by atoms with E-state index in [1.807, 2.05) is 13.8 Å². The van der Waals surface area contributed by atoms with Gasteiger partial charge < -0.3 is 20.9 Å². The Bertz CT molecular complexity index is 827. The Morgan fingerprint density at radius 2 is 1.97 bits per heavy atom. The normalized spacial score (nSPS) is 18.5. The van der Waals surface area contributed by atoms with Crippen LogP contribution < -0.4 is 20.9 Å². The maximum atomic E-state index is 14.5. The van der Waals surface area contributed by atoms with E-state index in [4.69, 9.17) is 4.98 Å². The van der Waals surface area contributed by atoms with E-state index in [0.29, 0.717) is 12.4 Å². The van der Waals surface area contributed by atoms with E-state index < -0.39 is 17.9 Å². The molecular formula is C22H32F2N6. The highest BCUT2D eigenvalue weighted by atomic mass is 19.1. The smallest absolute Gasteiger partial charge is 0.224 e. The first-order valence-corrected chi connectivity index (χ1v) is 10.8. The van der Waals surface area contributed by atoms with Gasteiger partial charge in [-0.25, -0.2) is 13.8 Å². The molecule has 1 aliphatic heterocycles. The molecular weight excluding hydrogens is 386 g/mol. The molecule has 1 unspecified atom stereocenters. The third-order valence-electron chi connectivity index (χ3n) is 5.09. The number of fused-ring (bicyclic) bond motifs is 1. The lowest BCUT2D eigenvalue weighted by atomic mass is 10.1. The Morgan fingerprint density at radius 1 is 1.23 bits per heavy atom. The van der Waals surface area contributed by atoms with Crippen molar-refractivity contribution in [2.75, 3.05) is 15.5 Å². The van der Waals surface area contributed by atoms with Crippen LogP contribution in [-0.4, -0.2) is 28.3 Å². The molecule has 6 nitrogen and oxygen atoms in total. The van der Waals surface area contributed by atoms with Gasteiger partial charge in [-0.1, -0.05) is 32.8 Å². The number of hydrogen-bond acceptors (Lipinski definition) is 6. The zero-order valence-corrected chi connectivity index (χ0v) is 18.2. The molecule has 0 radical (unpaired) electrons. The number of halogens is 2. The fourth-order valence-electron chi connectivity index (χ4n) is 3.83. The Kier molecular flexibility index (Phi) is 7.29. The molecule has 0 fully saturated rings. The van der Waals surface area contributed by atoms with Gasteiger partial charge in [0.1, 0.15) is 17.4 Å². The number of nitrogens with one attached hydrogen (secondary N) is 3. The number of allylic oxidation sites excluding steroid dienone is 5. The van der Waals surface area contributed by atoms with Crippen molar-refractivity contribution in [2.45, 2.75) is 78.2 Å². The SMILES string of the molecule is CCCC(CCC)N1c2nc(NC(C)C)ncc2NC1NC1=C(F)C=CCC=C1F. The fourth-order valence-corrected chi connectivity index (χ4v) is 3.83. The number of anilines is 3. The van der Waals surface area contributed by atoms with Crippen molar-refractivity contribution in [1.29, 1.82) is 0 Å². The zero-order chi connectivity index (χ0) is 21.7. The number of nitrogens with zero attached hydrogens (tertiary/aromatic N) is 3. The Hall–Kier alpha value is -2.64. The highest BCUT2D eigenvalue weighted by Gasteiger charge is 2.36. The molecule has 1 atom stereocenters. The monoisotopic (exact) mass is 418 g/mol. The van der Waals surface area contributed by atoms with Gasteiger partial charge in [0.05, 0.1) is 11.9 Å². The second-order valence-corrected chi connectivity index (χ2v) is 7.97. The molecule has 0 aromatic carbocycles. The van der Waals surface area contributed by atoms with Crippen LogP contribution in [0.1, 0.15) is 59.8 Å². The van der Waals surface area contributed by atoms with E-state index in [2.05, 4.69) is 39.7 Å². The van der Waals surface area contributed by atoms with Crippen LogP contribution >= 0.6 is 0 Å². The predicted molar refractivity (Wildman–Crippen MR) is 119 cm³/mol. The minimum absolute atomic E-state index is 0.140. The number of aromatic nitrogens is 2. The van der Waals surface area contributed by atoms with Gasteiger partial charge in [0, 0.05) is 12.1 Å². The fraction of sp³-hybridized carbons (Fsp3) is 0.545. The third kappa shape index (κ3) is 4.91. The van der Waals surface area contributed by atoms with Crippen LogP contribution in [0.25, 0.3) is 0 Å². The number of rotatable bonds is 9. The van der Waals surface area contributed by atoms with Gasteiger partial charge in [0.2, 0.25) is 5.95 Å². The van der Waals surface area contributed by atoms with Crippen molar-refractivity contribution in [3.8, 4) is 0 Å². The molecule has 8 heteroatoms. The Balaban J connectivity index is 1.98. The van der Waals surface area contributed by atoms with E-state index in [0.717, 1.165) is 37.2 Å². The average Bonchev–Trinajstić information content (AvgIpc) is 2.97. The quantitative estimate of drug-likeness (QED) is 0.501. The lowest BCUT2D eigenvalue weighted by Gasteiger charge is -2.35. The summed E-state index contributed by atoms with van der Waals surface area (Å²) >= 11 is 0. The molecule has 1 aliphatic carbocycles. The maximum Gasteiger partial charge on any atom is 0.224 e. The molecule has 0 spiro atoms. The van der Waals surface area contributed by atoms with Crippen LogP contribution in [0.4, 0.5) is 26.2 Å². The summed E-state index contributed by atoms with van der Waals surface area (Å²) in [5, 5.41) is 9.59. The molecule has 2 aliphatic rings. The van der Waals surface area contributed by atoms with Crippen molar-refractivity contribution in [3.05, 3.63) is 41.8 Å². The van der Waals surface area contributed by atoms with Crippen molar-refractivity contribution in [3.63, 3.8) is 0 Å². The van der Waals surface area contributed by atoms with E-state index in [1.54, 1.807) is 12.3 Å². The molecule has 3 rings (SSSR count). The van der Waals surface area contributed by atoms with Crippen molar-refractivity contribution < 1.29 is 8.78 Å². The minimum Gasteiger partial charge on any atom is -0.352 e. The summed E-state index contributed by atoms with van der Waals surface area (Å²) in [6.07, 6.45) is 9.72. The van der Waals surface area contributed by atoms with Crippen LogP contribution in [-0.2, 0) is 0 Å². The average molecular weight is 419 g/mol. The molecule has 0 saturated heterocycles. The van der Waals surface area contributed by atoms with Gasteiger partial charge >= 0.3 is 0 Å². The molecule has 0 bridgehead atoms. The van der Waals surface area contributed by atoms with Gasteiger partial charge in [-0.3, -0.25) is 0 Å². The Labute approximate surface area is 177 Å². The molecule has 2 heterocycles. The highest BCUT2D eigenvalue weighted by molar-refractivity contribution is 5.73. The lowest BCUT2D eigenvalue weighted by Crippen LogP contribution is -2.52. The van der Waals surface area contributed by atoms with Crippen LogP contribution in [0.2, 0.25) is 0 Å². The molecule has 3 N–H and O–H groups in total. The van der Waals surface area contributed by atoms with Crippen LogP contribution in [0.3, 0.4) is 0 Å². The van der Waals surface area contributed by atoms with Crippen molar-refractivity contribution in [1.82, 2.24) is 15.3 Å². The summed E-state index contributed by atoms with van der Waals surface area (Å²) in [6.45, 7) is 8.33. The van der Waals surface area contributed by atoms with E-state index >= 15 is 0 Å². The second kappa shape index (κ2) is 9.91. The van der Waals surface area contributed by atoms with Gasteiger partial charge in [0.25, 0.3) is 0 Å². The van der Waals surface area contributed by atoms with E-state index in [-0.39, 0.29) is 17.8 Å². The third-order valence-corrected chi connectivity index (χ3v) is 5.09. The first-order chi connectivity index (χ1) is 14.4. The van der Waals surface area contributed by atoms with Crippen LogP contribution in [0.5, 0.6) is 0 Å². The number of hydrogen-bond donors (Lipinski definition) is 3. The lowest BCUT2D eigenvalue weighted by molar-refractivity contribution is 0.443. The molecule has 0 saturated carbocycles. The first-order valence-electron chi connectivity index (χ1n) is 10.8. The van der Waals surface area contributed by atoms with E-state index in [9.17, 15) is 8.78 Å². The van der Waals surface area contributed by atoms with E-state index in [1.165, 1.54) is 12.2 Å². The summed E-state index contributed by atoms with van der Waals surface area (Å²) in [4.78, 5) is 11.2. The largest absolute Gasteiger partial charge is 0.352 e. The summed E-state index contributed by atoms with van der Waals surface area (Å²) in [5.41, 5.74) is 0.605. The predicted octanol–water partition coefficient (Wildman–Crippen LogP) is 5.37. The standard InChI is InChI=1S/C22H32F2N6/c1-5-9-15(10-6-2)30-20-18(13-25-21(29-20)26-14(3)4)27-22(30)28-19-16(23)11-7-8-12-17(19)24/h7,11-15,22,27-28H,5-6,8-10H2,1-4H3,(H,25,26,29). The summed E-state index contributed by atoms with van der Waals surface area (Å²) in [5.74, 6) is 0.0738. The van der Waals surface area contributed by atoms with Crippen LogP contribution in [0, 0.1) is 0 Å². The van der Waals surface area contributed by atoms with Crippen molar-refractivity contribution in [2.24, 2.45) is 0 Å². The van der Waals surface area contributed by atoms with Gasteiger partial charge in [-0.15, -0.1) is 0 Å². The van der Waals surface area contributed by atoms with Gasteiger partial charge in [-0.2, -0.15) is 4.98 Å². The van der Waals surface area contributed by atoms with Crippen LogP contribution in [0.15, 0.2) is 41.8 Å². The first kappa shape index (κ1) is 22.1. The molecule has 1 aromatic heterocycles. The summed E-state index contributed by atoms with van der Waals surface area (Å²) in [7, 11) is 0. The molecule has 0 amide bonds. The molecule has 30 heavy (non-hydrogen) atoms. The summed E-state index contributed by atoms with van der Waals surface area (Å²) < 4.78 is 29.1. The van der Waals surface area contributed by atoms with Gasteiger partial charge in [-0.05, 0) is 45.3 Å². The molecule has 1 aromatic rings. The zero-order valence-electron chi connectivity index (χ0n) is 18.2. The minimum atomic E-state index is -0.616. The maximum absolute atomic E-state index is 14.5. The van der Waals surface area contributed by atoms with Gasteiger partial charge in [0.15, 0.2) is 12.1 Å². The molecule has 164 valence electrons. The second-order valence-electron chi connectivity index (χ2n) is 7.97. The topological polar surface area (TPSA) is 65.1 Å². The van der Waals surface area contributed by atoms with Crippen molar-refractivity contribution >= 4 is 17.5 Å².